The number of carbonyl (C=O) groups excluding carboxylic acids is 1. The minimum absolute atomic E-state index is 0.0524. The summed E-state index contributed by atoms with van der Waals surface area (Å²) in [5.41, 5.74) is 2.17. The van der Waals surface area contributed by atoms with Gasteiger partial charge in [0, 0.05) is 17.8 Å². The third kappa shape index (κ3) is 4.81. The van der Waals surface area contributed by atoms with Crippen molar-refractivity contribution >= 4 is 17.6 Å². The van der Waals surface area contributed by atoms with Crippen LogP contribution in [0.4, 0.5) is 0 Å². The summed E-state index contributed by atoms with van der Waals surface area (Å²) in [5.74, 6) is 0.0271. The van der Waals surface area contributed by atoms with Crippen LogP contribution in [0, 0.1) is 0 Å². The molecule has 0 saturated carbocycles. The Labute approximate surface area is 151 Å². The summed E-state index contributed by atoms with van der Waals surface area (Å²) in [6.07, 6.45) is 1.49. The van der Waals surface area contributed by atoms with Gasteiger partial charge in [0.2, 0.25) is 5.88 Å². The zero-order valence-corrected chi connectivity index (χ0v) is 14.1. The van der Waals surface area contributed by atoms with Gasteiger partial charge in [0.1, 0.15) is 13.2 Å². The largest absolute Gasteiger partial charge is 0.473 e. The van der Waals surface area contributed by atoms with Gasteiger partial charge in [0.25, 0.3) is 0 Å². The summed E-state index contributed by atoms with van der Waals surface area (Å²) < 4.78 is 11.0. The number of nitrogens with zero attached hydrogens (tertiary/aromatic N) is 1. The maximum absolute atomic E-state index is 12.0. The lowest BCUT2D eigenvalue weighted by atomic mass is 10.2. The molecule has 0 aliphatic heterocycles. The summed E-state index contributed by atoms with van der Waals surface area (Å²) in [4.78, 5) is 16.2. The van der Waals surface area contributed by atoms with Crippen molar-refractivity contribution in [3.8, 4) is 5.88 Å². The summed E-state index contributed by atoms with van der Waals surface area (Å²) in [6, 6.07) is 20.3. The van der Waals surface area contributed by atoms with E-state index in [9.17, 15) is 4.79 Å². The highest BCUT2D eigenvalue weighted by molar-refractivity contribution is 6.31. The lowest BCUT2D eigenvalue weighted by Gasteiger charge is -2.09. The van der Waals surface area contributed by atoms with Gasteiger partial charge in [0.05, 0.1) is 10.6 Å². The molecular formula is C20H16ClNO3. The number of hydrogen-bond donors (Lipinski definition) is 0. The predicted octanol–water partition coefficient (Wildman–Crippen LogP) is 4.67. The molecule has 0 aliphatic rings. The second-order valence-corrected chi connectivity index (χ2v) is 5.74. The van der Waals surface area contributed by atoms with Gasteiger partial charge >= 0.3 is 5.97 Å². The number of ether oxygens (including phenoxy) is 2. The quantitative estimate of drug-likeness (QED) is 0.604. The molecule has 0 N–H and O–H groups in total. The van der Waals surface area contributed by atoms with E-state index in [0.29, 0.717) is 28.6 Å². The second-order valence-electron chi connectivity index (χ2n) is 5.33. The number of rotatable bonds is 6. The van der Waals surface area contributed by atoms with Crippen LogP contribution in [-0.4, -0.2) is 11.0 Å². The number of carbonyl (C=O) groups is 1. The van der Waals surface area contributed by atoms with Crippen LogP contribution in [0.5, 0.6) is 5.88 Å². The van der Waals surface area contributed by atoms with Gasteiger partial charge in [-0.25, -0.2) is 9.78 Å². The summed E-state index contributed by atoms with van der Waals surface area (Å²) in [7, 11) is 0. The minimum atomic E-state index is -0.403. The fraction of sp³-hybridized carbons (Fsp3) is 0.100. The fourth-order valence-electron chi connectivity index (χ4n) is 2.18. The molecule has 126 valence electrons. The number of aromatic nitrogens is 1. The maximum atomic E-state index is 12.0. The van der Waals surface area contributed by atoms with Gasteiger partial charge < -0.3 is 9.47 Å². The Morgan fingerprint density at radius 1 is 0.960 bits per heavy atom. The normalized spacial score (nSPS) is 10.3. The van der Waals surface area contributed by atoms with Crippen LogP contribution < -0.4 is 4.74 Å². The molecule has 0 fully saturated rings. The molecule has 0 amide bonds. The molecule has 3 rings (SSSR count). The number of pyridine rings is 1. The van der Waals surface area contributed by atoms with E-state index in [4.69, 9.17) is 21.1 Å². The average molecular weight is 354 g/mol. The standard InChI is InChI=1S/C20H16ClNO3/c21-18-12-22-19(24-13-15-7-3-1-4-8-15)11-17(18)14-25-20(23)16-9-5-2-6-10-16/h1-12H,13-14H2. The lowest BCUT2D eigenvalue weighted by Crippen LogP contribution is -2.06. The molecule has 5 heteroatoms. The first-order valence-electron chi connectivity index (χ1n) is 7.76. The van der Waals surface area contributed by atoms with Crippen LogP contribution in [0.1, 0.15) is 21.5 Å². The summed E-state index contributed by atoms with van der Waals surface area (Å²) >= 11 is 6.13. The summed E-state index contributed by atoms with van der Waals surface area (Å²) in [5, 5.41) is 0.424. The number of benzene rings is 2. The molecule has 0 bridgehead atoms. The Morgan fingerprint density at radius 2 is 1.64 bits per heavy atom. The van der Waals surface area contributed by atoms with Gasteiger partial charge in [-0.05, 0) is 17.7 Å². The average Bonchev–Trinajstić information content (AvgIpc) is 2.67. The zero-order valence-electron chi connectivity index (χ0n) is 13.4. The van der Waals surface area contributed by atoms with Crippen molar-refractivity contribution in [1.29, 1.82) is 0 Å². The minimum Gasteiger partial charge on any atom is -0.473 e. The Morgan fingerprint density at radius 3 is 2.36 bits per heavy atom. The maximum Gasteiger partial charge on any atom is 0.338 e. The van der Waals surface area contributed by atoms with Crippen LogP contribution in [0.25, 0.3) is 0 Å². The lowest BCUT2D eigenvalue weighted by molar-refractivity contribution is 0.0472. The van der Waals surface area contributed by atoms with E-state index < -0.39 is 5.97 Å². The first-order chi connectivity index (χ1) is 12.2. The third-order valence-electron chi connectivity index (χ3n) is 3.51. The molecule has 0 atom stereocenters. The molecule has 0 spiro atoms. The van der Waals surface area contributed by atoms with Gasteiger partial charge in [0.15, 0.2) is 0 Å². The molecule has 1 heterocycles. The molecule has 0 radical (unpaired) electrons. The van der Waals surface area contributed by atoms with E-state index in [-0.39, 0.29) is 6.61 Å². The smallest absolute Gasteiger partial charge is 0.338 e. The Hall–Kier alpha value is -2.85. The molecule has 25 heavy (non-hydrogen) atoms. The predicted molar refractivity (Wildman–Crippen MR) is 95.6 cm³/mol. The molecule has 0 unspecified atom stereocenters. The highest BCUT2D eigenvalue weighted by Crippen LogP contribution is 2.21. The first kappa shape index (κ1) is 17.0. The van der Waals surface area contributed by atoms with Gasteiger partial charge in [-0.15, -0.1) is 0 Å². The molecular weight excluding hydrogens is 338 g/mol. The van der Waals surface area contributed by atoms with Crippen molar-refractivity contribution in [2.75, 3.05) is 0 Å². The molecule has 4 nitrogen and oxygen atoms in total. The zero-order chi connectivity index (χ0) is 17.5. The Balaban J connectivity index is 1.62. The Kier molecular flexibility index (Phi) is 5.65. The van der Waals surface area contributed by atoms with Gasteiger partial charge in [-0.3, -0.25) is 0 Å². The Bertz CT molecular complexity index is 838. The highest BCUT2D eigenvalue weighted by Gasteiger charge is 2.10. The van der Waals surface area contributed by atoms with E-state index in [1.54, 1.807) is 30.3 Å². The molecule has 0 saturated heterocycles. The van der Waals surface area contributed by atoms with E-state index in [1.807, 2.05) is 36.4 Å². The van der Waals surface area contributed by atoms with Crippen molar-refractivity contribution in [3.63, 3.8) is 0 Å². The van der Waals surface area contributed by atoms with E-state index >= 15 is 0 Å². The number of halogens is 1. The van der Waals surface area contributed by atoms with Crippen LogP contribution in [0.15, 0.2) is 72.9 Å². The highest BCUT2D eigenvalue weighted by atomic mass is 35.5. The topological polar surface area (TPSA) is 48.4 Å². The fourth-order valence-corrected chi connectivity index (χ4v) is 2.34. The third-order valence-corrected chi connectivity index (χ3v) is 3.85. The summed E-state index contributed by atoms with van der Waals surface area (Å²) in [6.45, 7) is 0.454. The van der Waals surface area contributed by atoms with E-state index in [2.05, 4.69) is 4.98 Å². The van der Waals surface area contributed by atoms with Crippen molar-refractivity contribution in [2.45, 2.75) is 13.2 Å². The van der Waals surface area contributed by atoms with Crippen molar-refractivity contribution in [1.82, 2.24) is 4.98 Å². The van der Waals surface area contributed by atoms with Gasteiger partial charge in [-0.1, -0.05) is 60.1 Å². The first-order valence-corrected chi connectivity index (χ1v) is 8.13. The molecule has 2 aromatic carbocycles. The van der Waals surface area contributed by atoms with Crippen LogP contribution in [0.2, 0.25) is 5.02 Å². The number of esters is 1. The van der Waals surface area contributed by atoms with E-state index in [0.717, 1.165) is 5.56 Å². The van der Waals surface area contributed by atoms with Gasteiger partial charge in [-0.2, -0.15) is 0 Å². The molecule has 3 aromatic rings. The van der Waals surface area contributed by atoms with Crippen LogP contribution in [0.3, 0.4) is 0 Å². The van der Waals surface area contributed by atoms with Crippen molar-refractivity contribution in [2.24, 2.45) is 0 Å². The SMILES string of the molecule is O=C(OCc1cc(OCc2ccccc2)ncc1Cl)c1ccccc1. The molecule has 1 aromatic heterocycles. The van der Waals surface area contributed by atoms with Crippen molar-refractivity contribution < 1.29 is 14.3 Å². The number of hydrogen-bond acceptors (Lipinski definition) is 4. The monoisotopic (exact) mass is 353 g/mol. The van der Waals surface area contributed by atoms with Crippen LogP contribution >= 0.6 is 11.6 Å². The second kappa shape index (κ2) is 8.31. The molecule has 0 aliphatic carbocycles. The van der Waals surface area contributed by atoms with Crippen molar-refractivity contribution in [3.05, 3.63) is 94.6 Å². The van der Waals surface area contributed by atoms with Crippen LogP contribution in [-0.2, 0) is 18.0 Å². The van der Waals surface area contributed by atoms with E-state index in [1.165, 1.54) is 6.20 Å².